The fraction of sp³-hybridized carbons (Fsp3) is 0.364. The standard InChI is InChI=1S/C22H24F3N3O3/c1-16-5-4-7-18(15-16)26-21(30)28-13-11-27(12-14-28)20(29)10-9-17-6-2-3-8-19(17)31-22(23,24)25/h2-8,15H,9-14H2,1H3,(H,26,30). The second-order valence-corrected chi connectivity index (χ2v) is 7.32. The van der Waals surface area contributed by atoms with Crippen LogP contribution in [-0.4, -0.2) is 54.3 Å². The van der Waals surface area contributed by atoms with Crippen LogP contribution in [0.25, 0.3) is 0 Å². The first-order valence-corrected chi connectivity index (χ1v) is 9.95. The van der Waals surface area contributed by atoms with Gasteiger partial charge in [-0.15, -0.1) is 13.2 Å². The van der Waals surface area contributed by atoms with E-state index in [-0.39, 0.29) is 30.5 Å². The van der Waals surface area contributed by atoms with Gasteiger partial charge in [0.25, 0.3) is 0 Å². The lowest BCUT2D eigenvalue weighted by molar-refractivity contribution is -0.274. The van der Waals surface area contributed by atoms with Crippen molar-refractivity contribution in [3.8, 4) is 5.75 Å². The van der Waals surface area contributed by atoms with Crippen LogP contribution in [-0.2, 0) is 11.2 Å². The Labute approximate surface area is 178 Å². The Bertz CT molecular complexity index is 925. The molecule has 31 heavy (non-hydrogen) atoms. The Morgan fingerprint density at radius 2 is 1.68 bits per heavy atom. The number of ether oxygens (including phenoxy) is 1. The van der Waals surface area contributed by atoms with Gasteiger partial charge in [0.05, 0.1) is 0 Å². The smallest absolute Gasteiger partial charge is 0.406 e. The van der Waals surface area contributed by atoms with Crippen LogP contribution in [0.15, 0.2) is 48.5 Å². The first-order chi connectivity index (χ1) is 14.7. The highest BCUT2D eigenvalue weighted by atomic mass is 19.4. The van der Waals surface area contributed by atoms with Crippen LogP contribution < -0.4 is 10.1 Å². The molecule has 166 valence electrons. The lowest BCUT2D eigenvalue weighted by atomic mass is 10.1. The average molecular weight is 435 g/mol. The fourth-order valence-corrected chi connectivity index (χ4v) is 3.42. The summed E-state index contributed by atoms with van der Waals surface area (Å²) in [5.74, 6) is -0.457. The van der Waals surface area contributed by atoms with Crippen LogP contribution in [0.2, 0.25) is 0 Å². The third kappa shape index (κ3) is 6.63. The summed E-state index contributed by atoms with van der Waals surface area (Å²) in [6.07, 6.45) is -4.58. The highest BCUT2D eigenvalue weighted by Gasteiger charge is 2.32. The highest BCUT2D eigenvalue weighted by molar-refractivity contribution is 5.89. The fourth-order valence-electron chi connectivity index (χ4n) is 3.42. The molecule has 1 heterocycles. The summed E-state index contributed by atoms with van der Waals surface area (Å²) < 4.78 is 41.6. The maximum absolute atomic E-state index is 12.5. The molecule has 0 spiro atoms. The molecule has 0 aliphatic carbocycles. The van der Waals surface area contributed by atoms with E-state index in [9.17, 15) is 22.8 Å². The molecule has 1 aliphatic rings. The van der Waals surface area contributed by atoms with Crippen molar-refractivity contribution in [2.24, 2.45) is 0 Å². The van der Waals surface area contributed by atoms with E-state index in [0.29, 0.717) is 37.4 Å². The second-order valence-electron chi connectivity index (χ2n) is 7.32. The second kappa shape index (κ2) is 9.72. The predicted octanol–water partition coefficient (Wildman–Crippen LogP) is 4.20. The quantitative estimate of drug-likeness (QED) is 0.766. The van der Waals surface area contributed by atoms with E-state index in [0.717, 1.165) is 5.56 Å². The average Bonchev–Trinajstić information content (AvgIpc) is 2.72. The third-order valence-electron chi connectivity index (χ3n) is 5.00. The van der Waals surface area contributed by atoms with Crippen molar-refractivity contribution >= 4 is 17.6 Å². The van der Waals surface area contributed by atoms with Gasteiger partial charge in [-0.3, -0.25) is 4.79 Å². The largest absolute Gasteiger partial charge is 0.573 e. The number of benzene rings is 2. The Kier molecular flexibility index (Phi) is 7.04. The monoisotopic (exact) mass is 435 g/mol. The molecule has 0 unspecified atom stereocenters. The number of rotatable bonds is 5. The Balaban J connectivity index is 1.48. The molecule has 2 aromatic carbocycles. The van der Waals surface area contributed by atoms with Gasteiger partial charge in [0.1, 0.15) is 5.75 Å². The number of alkyl halides is 3. The van der Waals surface area contributed by atoms with Gasteiger partial charge in [0, 0.05) is 38.3 Å². The molecule has 1 saturated heterocycles. The number of amides is 3. The van der Waals surface area contributed by atoms with Gasteiger partial charge in [-0.05, 0) is 42.7 Å². The molecule has 0 atom stereocenters. The summed E-state index contributed by atoms with van der Waals surface area (Å²) >= 11 is 0. The van der Waals surface area contributed by atoms with Gasteiger partial charge >= 0.3 is 12.4 Å². The summed E-state index contributed by atoms with van der Waals surface area (Å²) in [7, 11) is 0. The molecule has 3 rings (SSSR count). The van der Waals surface area contributed by atoms with Gasteiger partial charge in [0.15, 0.2) is 0 Å². The SMILES string of the molecule is Cc1cccc(NC(=O)N2CCN(C(=O)CCc3ccccc3OC(F)(F)F)CC2)c1. The minimum Gasteiger partial charge on any atom is -0.406 e. The molecular formula is C22H24F3N3O3. The molecule has 0 radical (unpaired) electrons. The van der Waals surface area contributed by atoms with E-state index in [2.05, 4.69) is 10.1 Å². The molecule has 0 aromatic heterocycles. The molecule has 1 fully saturated rings. The lowest BCUT2D eigenvalue weighted by Crippen LogP contribution is -2.51. The van der Waals surface area contributed by atoms with E-state index in [4.69, 9.17) is 0 Å². The number of nitrogens with one attached hydrogen (secondary N) is 1. The topological polar surface area (TPSA) is 61.9 Å². The minimum absolute atomic E-state index is 0.0632. The van der Waals surface area contributed by atoms with Crippen molar-refractivity contribution in [3.63, 3.8) is 0 Å². The van der Waals surface area contributed by atoms with Gasteiger partial charge < -0.3 is 19.9 Å². The molecule has 1 aliphatic heterocycles. The lowest BCUT2D eigenvalue weighted by Gasteiger charge is -2.34. The summed E-state index contributed by atoms with van der Waals surface area (Å²) in [4.78, 5) is 28.2. The van der Waals surface area contributed by atoms with Crippen LogP contribution in [0.4, 0.5) is 23.7 Å². The van der Waals surface area contributed by atoms with Crippen LogP contribution >= 0.6 is 0 Å². The first kappa shape index (κ1) is 22.5. The number of carbonyl (C=O) groups is 2. The normalized spacial score (nSPS) is 14.3. The zero-order chi connectivity index (χ0) is 22.4. The molecular weight excluding hydrogens is 411 g/mol. The maximum atomic E-state index is 12.5. The number of hydrogen-bond donors (Lipinski definition) is 1. The number of halogens is 3. The van der Waals surface area contributed by atoms with E-state index in [1.807, 2.05) is 31.2 Å². The molecule has 0 bridgehead atoms. The zero-order valence-corrected chi connectivity index (χ0v) is 17.1. The van der Waals surface area contributed by atoms with Crippen molar-refractivity contribution in [3.05, 3.63) is 59.7 Å². The van der Waals surface area contributed by atoms with Gasteiger partial charge in [-0.2, -0.15) is 0 Å². The van der Waals surface area contributed by atoms with Crippen LogP contribution in [0, 0.1) is 6.92 Å². The number of carbonyl (C=O) groups excluding carboxylic acids is 2. The number of para-hydroxylation sites is 1. The van der Waals surface area contributed by atoms with E-state index in [1.165, 1.54) is 18.2 Å². The molecule has 0 saturated carbocycles. The van der Waals surface area contributed by atoms with Crippen LogP contribution in [0.3, 0.4) is 0 Å². The van der Waals surface area contributed by atoms with Crippen LogP contribution in [0.1, 0.15) is 17.5 Å². The molecule has 9 heteroatoms. The third-order valence-corrected chi connectivity index (χ3v) is 5.00. The van der Waals surface area contributed by atoms with Gasteiger partial charge in [-0.1, -0.05) is 30.3 Å². The summed E-state index contributed by atoms with van der Waals surface area (Å²) in [5.41, 5.74) is 2.07. The van der Waals surface area contributed by atoms with E-state index < -0.39 is 6.36 Å². The molecule has 2 aromatic rings. The highest BCUT2D eigenvalue weighted by Crippen LogP contribution is 2.27. The summed E-state index contributed by atoms with van der Waals surface area (Å²) in [5, 5.41) is 2.85. The number of anilines is 1. The number of nitrogens with zero attached hydrogens (tertiary/aromatic N) is 2. The van der Waals surface area contributed by atoms with Gasteiger partial charge in [0.2, 0.25) is 5.91 Å². The van der Waals surface area contributed by atoms with Crippen molar-refractivity contribution in [2.45, 2.75) is 26.1 Å². The number of hydrogen-bond acceptors (Lipinski definition) is 3. The van der Waals surface area contributed by atoms with Crippen molar-refractivity contribution < 1.29 is 27.5 Å². The number of aryl methyl sites for hydroxylation is 2. The zero-order valence-electron chi connectivity index (χ0n) is 17.1. The van der Waals surface area contributed by atoms with E-state index >= 15 is 0 Å². The van der Waals surface area contributed by atoms with Gasteiger partial charge in [-0.25, -0.2) is 4.79 Å². The Morgan fingerprint density at radius 3 is 2.35 bits per heavy atom. The number of piperazine rings is 1. The van der Waals surface area contributed by atoms with Crippen molar-refractivity contribution in [2.75, 3.05) is 31.5 Å². The summed E-state index contributed by atoms with van der Waals surface area (Å²) in [6.45, 7) is 3.46. The molecule has 6 nitrogen and oxygen atoms in total. The van der Waals surface area contributed by atoms with E-state index in [1.54, 1.807) is 15.9 Å². The predicted molar refractivity (Wildman–Crippen MR) is 110 cm³/mol. The maximum Gasteiger partial charge on any atom is 0.573 e. The van der Waals surface area contributed by atoms with Crippen molar-refractivity contribution in [1.29, 1.82) is 0 Å². The number of urea groups is 1. The molecule has 1 N–H and O–H groups in total. The molecule has 3 amide bonds. The first-order valence-electron chi connectivity index (χ1n) is 9.95. The minimum atomic E-state index is -4.78. The van der Waals surface area contributed by atoms with Crippen LogP contribution in [0.5, 0.6) is 5.75 Å². The summed E-state index contributed by atoms with van der Waals surface area (Å²) in [6, 6.07) is 13.1. The van der Waals surface area contributed by atoms with Crippen molar-refractivity contribution in [1.82, 2.24) is 9.80 Å². The Hall–Kier alpha value is -3.23. The Morgan fingerprint density at radius 1 is 1.00 bits per heavy atom.